The van der Waals surface area contributed by atoms with Crippen molar-refractivity contribution in [3.05, 3.63) is 107 Å². The van der Waals surface area contributed by atoms with Gasteiger partial charge in [0.1, 0.15) is 0 Å². The molecule has 2 N–H and O–H groups in total. The van der Waals surface area contributed by atoms with Crippen molar-refractivity contribution in [3.8, 4) is 0 Å². The largest absolute Gasteiger partial charge is 0.357 e. The Kier molecular flexibility index (Phi) is 3.43. The lowest BCUT2D eigenvalue weighted by Gasteiger charge is -2.31. The Morgan fingerprint density at radius 2 is 1.32 bits per heavy atom. The first-order valence-corrected chi connectivity index (χ1v) is 8.85. The van der Waals surface area contributed by atoms with E-state index < -0.39 is 0 Å². The van der Waals surface area contributed by atoms with E-state index in [2.05, 4.69) is 95.2 Å². The molecule has 0 saturated heterocycles. The third-order valence-corrected chi connectivity index (χ3v) is 5.27. The summed E-state index contributed by atoms with van der Waals surface area (Å²) in [6.07, 6.45) is 0. The molecular weight excluding hydrogens is 304 g/mol. The van der Waals surface area contributed by atoms with Crippen LogP contribution >= 0.6 is 0 Å². The molecule has 2 unspecified atom stereocenters. The first kappa shape index (κ1) is 14.5. The molecule has 4 aromatic rings. The van der Waals surface area contributed by atoms with Crippen molar-refractivity contribution < 1.29 is 0 Å². The molecule has 0 amide bonds. The van der Waals surface area contributed by atoms with E-state index >= 15 is 0 Å². The molecule has 0 bridgehead atoms. The molecule has 2 nitrogen and oxygen atoms in total. The Bertz CT molecular complexity index is 1000. The molecular formula is C23H20N2. The second-order valence-electron chi connectivity index (χ2n) is 6.71. The van der Waals surface area contributed by atoms with Crippen LogP contribution in [0.3, 0.4) is 0 Å². The van der Waals surface area contributed by atoms with E-state index in [1.807, 2.05) is 0 Å². The maximum absolute atomic E-state index is 3.77. The van der Waals surface area contributed by atoms with Gasteiger partial charge in [0.05, 0.1) is 6.04 Å². The molecule has 0 radical (unpaired) electrons. The van der Waals surface area contributed by atoms with Gasteiger partial charge in [0.2, 0.25) is 0 Å². The number of aromatic amines is 1. The van der Waals surface area contributed by atoms with E-state index in [4.69, 9.17) is 0 Å². The Hall–Kier alpha value is -2.84. The van der Waals surface area contributed by atoms with Crippen LogP contribution in [-0.2, 0) is 0 Å². The van der Waals surface area contributed by atoms with Gasteiger partial charge < -0.3 is 10.3 Å². The summed E-state index contributed by atoms with van der Waals surface area (Å²) in [6.45, 7) is 0.943. The molecule has 122 valence electrons. The van der Waals surface area contributed by atoms with Crippen molar-refractivity contribution in [2.45, 2.75) is 12.0 Å². The molecule has 2 heteroatoms. The molecule has 1 aliphatic rings. The number of hydrogen-bond acceptors (Lipinski definition) is 1. The van der Waals surface area contributed by atoms with Crippen molar-refractivity contribution in [1.29, 1.82) is 0 Å². The zero-order chi connectivity index (χ0) is 16.6. The monoisotopic (exact) mass is 324 g/mol. The van der Waals surface area contributed by atoms with Crippen LogP contribution in [-0.4, -0.2) is 11.5 Å². The van der Waals surface area contributed by atoms with Gasteiger partial charge in [0.15, 0.2) is 0 Å². The van der Waals surface area contributed by atoms with E-state index in [1.165, 1.54) is 33.3 Å². The summed E-state index contributed by atoms with van der Waals surface area (Å²) < 4.78 is 0. The smallest absolute Gasteiger partial charge is 0.0732 e. The molecule has 1 aromatic heterocycles. The van der Waals surface area contributed by atoms with Crippen molar-refractivity contribution in [2.75, 3.05) is 6.54 Å². The van der Waals surface area contributed by atoms with E-state index in [9.17, 15) is 0 Å². The highest BCUT2D eigenvalue weighted by Gasteiger charge is 2.32. The molecule has 0 fully saturated rings. The maximum atomic E-state index is 3.77. The zero-order valence-electron chi connectivity index (χ0n) is 13.9. The van der Waals surface area contributed by atoms with Crippen molar-refractivity contribution in [1.82, 2.24) is 10.3 Å². The van der Waals surface area contributed by atoms with Crippen LogP contribution in [0.15, 0.2) is 84.9 Å². The van der Waals surface area contributed by atoms with E-state index in [0.717, 1.165) is 6.54 Å². The van der Waals surface area contributed by atoms with Gasteiger partial charge in [-0.2, -0.15) is 0 Å². The minimum absolute atomic E-state index is 0.212. The lowest BCUT2D eigenvalue weighted by molar-refractivity contribution is 0.525. The van der Waals surface area contributed by atoms with Crippen molar-refractivity contribution in [2.24, 2.45) is 0 Å². The number of aromatic nitrogens is 1. The highest BCUT2D eigenvalue weighted by atomic mass is 15.0. The Balaban J connectivity index is 1.73. The molecule has 3 aromatic carbocycles. The Morgan fingerprint density at radius 1 is 0.680 bits per heavy atom. The number of para-hydroxylation sites is 1. The van der Waals surface area contributed by atoms with E-state index in [1.54, 1.807) is 0 Å². The zero-order valence-corrected chi connectivity index (χ0v) is 13.9. The SMILES string of the molecule is c1ccc(C2CNC(c3ccccc3)c3[nH]c4ccccc4c32)cc1. The van der Waals surface area contributed by atoms with Crippen LogP contribution in [0.1, 0.15) is 34.3 Å². The van der Waals surface area contributed by atoms with E-state index in [0.29, 0.717) is 5.92 Å². The standard InChI is InChI=1S/C23H20N2/c1-3-9-16(10-4-1)19-15-24-22(17-11-5-2-6-12-17)23-21(19)18-13-7-8-14-20(18)25-23/h1-14,19,22,24-25H,15H2. The fourth-order valence-corrected chi connectivity index (χ4v) is 4.13. The van der Waals surface area contributed by atoms with Crippen LogP contribution < -0.4 is 5.32 Å². The quantitative estimate of drug-likeness (QED) is 0.534. The number of hydrogen-bond donors (Lipinski definition) is 2. The summed E-state index contributed by atoms with van der Waals surface area (Å²) in [7, 11) is 0. The van der Waals surface area contributed by atoms with Gasteiger partial charge in [-0.25, -0.2) is 0 Å². The summed E-state index contributed by atoms with van der Waals surface area (Å²) in [5, 5.41) is 5.11. The summed E-state index contributed by atoms with van der Waals surface area (Å²) >= 11 is 0. The fraction of sp³-hybridized carbons (Fsp3) is 0.130. The van der Waals surface area contributed by atoms with Gasteiger partial charge in [0.25, 0.3) is 0 Å². The average Bonchev–Trinajstić information content (AvgIpc) is 3.08. The molecule has 5 rings (SSSR count). The Labute approximate surface area is 147 Å². The number of fused-ring (bicyclic) bond motifs is 3. The molecule has 25 heavy (non-hydrogen) atoms. The predicted octanol–water partition coefficient (Wildman–Crippen LogP) is 4.99. The topological polar surface area (TPSA) is 27.8 Å². The minimum Gasteiger partial charge on any atom is -0.357 e. The second kappa shape index (κ2) is 5.91. The van der Waals surface area contributed by atoms with Crippen LogP contribution in [0, 0.1) is 0 Å². The molecule has 0 aliphatic carbocycles. The second-order valence-corrected chi connectivity index (χ2v) is 6.71. The summed E-state index contributed by atoms with van der Waals surface area (Å²) in [6, 6.07) is 30.4. The number of rotatable bonds is 2. The number of nitrogens with one attached hydrogen (secondary N) is 2. The summed E-state index contributed by atoms with van der Waals surface area (Å²) in [5.74, 6) is 0.368. The van der Waals surface area contributed by atoms with Gasteiger partial charge in [-0.3, -0.25) is 0 Å². The molecule has 2 atom stereocenters. The maximum Gasteiger partial charge on any atom is 0.0732 e. The van der Waals surface area contributed by atoms with Crippen molar-refractivity contribution in [3.63, 3.8) is 0 Å². The van der Waals surface area contributed by atoms with Gasteiger partial charge in [-0.15, -0.1) is 0 Å². The van der Waals surface area contributed by atoms with Crippen LogP contribution in [0.5, 0.6) is 0 Å². The summed E-state index contributed by atoms with van der Waals surface area (Å²) in [5.41, 5.74) is 6.63. The first-order valence-electron chi connectivity index (χ1n) is 8.85. The average molecular weight is 324 g/mol. The fourth-order valence-electron chi connectivity index (χ4n) is 4.13. The minimum atomic E-state index is 0.212. The number of benzene rings is 3. The van der Waals surface area contributed by atoms with Crippen LogP contribution in [0.2, 0.25) is 0 Å². The highest BCUT2D eigenvalue weighted by molar-refractivity contribution is 5.86. The van der Waals surface area contributed by atoms with Gasteiger partial charge in [-0.05, 0) is 22.8 Å². The highest BCUT2D eigenvalue weighted by Crippen LogP contribution is 2.41. The molecule has 1 aliphatic heterocycles. The van der Waals surface area contributed by atoms with Crippen LogP contribution in [0.4, 0.5) is 0 Å². The molecule has 0 spiro atoms. The number of H-pyrrole nitrogens is 1. The lowest BCUT2D eigenvalue weighted by atomic mass is 9.83. The third kappa shape index (κ3) is 2.38. The van der Waals surface area contributed by atoms with Gasteiger partial charge in [0, 0.05) is 29.1 Å². The van der Waals surface area contributed by atoms with Gasteiger partial charge in [-0.1, -0.05) is 78.9 Å². The van der Waals surface area contributed by atoms with Crippen LogP contribution in [0.25, 0.3) is 10.9 Å². The normalized spacial score (nSPS) is 19.7. The van der Waals surface area contributed by atoms with Crippen molar-refractivity contribution >= 4 is 10.9 Å². The molecule has 0 saturated carbocycles. The Morgan fingerprint density at radius 3 is 2.08 bits per heavy atom. The molecule has 2 heterocycles. The third-order valence-electron chi connectivity index (χ3n) is 5.27. The first-order chi connectivity index (χ1) is 12.4. The van der Waals surface area contributed by atoms with Gasteiger partial charge >= 0.3 is 0 Å². The van der Waals surface area contributed by atoms with E-state index in [-0.39, 0.29) is 6.04 Å². The predicted molar refractivity (Wildman–Crippen MR) is 103 cm³/mol. The summed E-state index contributed by atoms with van der Waals surface area (Å²) in [4.78, 5) is 3.70. The lowest BCUT2D eigenvalue weighted by Crippen LogP contribution is -2.34.